The van der Waals surface area contributed by atoms with E-state index in [-0.39, 0.29) is 0 Å². The minimum absolute atomic E-state index is 0.383. The summed E-state index contributed by atoms with van der Waals surface area (Å²) < 4.78 is 0. The molecule has 0 bridgehead atoms. The standard InChI is InChI=1S/C13H15NO2/c15-13-3-1-2-10(6-9-13)11-4-7-12(14-16)8-5-11/h4-5,7-8,10H,1-3,6,9H2. The molecule has 0 N–H and O–H groups in total. The van der Waals surface area contributed by atoms with Crippen LogP contribution in [0.2, 0.25) is 0 Å². The van der Waals surface area contributed by atoms with Crippen LogP contribution in [0, 0.1) is 4.91 Å². The minimum Gasteiger partial charge on any atom is -0.300 e. The fourth-order valence-electron chi connectivity index (χ4n) is 2.29. The molecule has 1 aromatic rings. The van der Waals surface area contributed by atoms with Crippen molar-refractivity contribution in [1.82, 2.24) is 0 Å². The van der Waals surface area contributed by atoms with Gasteiger partial charge < -0.3 is 0 Å². The molecule has 3 nitrogen and oxygen atoms in total. The Kier molecular flexibility index (Phi) is 3.44. The Bertz CT molecular complexity index is 383. The number of ketones is 1. The number of nitrogens with zero attached hydrogens (tertiary/aromatic N) is 1. The number of benzene rings is 1. The fraction of sp³-hybridized carbons (Fsp3) is 0.462. The van der Waals surface area contributed by atoms with E-state index in [0.717, 1.165) is 25.7 Å². The van der Waals surface area contributed by atoms with Crippen molar-refractivity contribution in [3.63, 3.8) is 0 Å². The molecule has 0 amide bonds. The average Bonchev–Trinajstić information content (AvgIpc) is 2.54. The van der Waals surface area contributed by atoms with Gasteiger partial charge in [-0.25, -0.2) is 0 Å². The van der Waals surface area contributed by atoms with Gasteiger partial charge in [-0.1, -0.05) is 12.1 Å². The molecule has 0 heterocycles. The topological polar surface area (TPSA) is 46.5 Å². The van der Waals surface area contributed by atoms with Crippen LogP contribution >= 0.6 is 0 Å². The number of Topliss-reactive ketones (excluding diaryl/α,β-unsaturated/α-hetero) is 1. The van der Waals surface area contributed by atoms with Gasteiger partial charge in [0.05, 0.1) is 0 Å². The Morgan fingerprint density at radius 1 is 1.06 bits per heavy atom. The van der Waals surface area contributed by atoms with Gasteiger partial charge in [-0.2, -0.15) is 0 Å². The van der Waals surface area contributed by atoms with Gasteiger partial charge in [-0.05, 0) is 48.1 Å². The van der Waals surface area contributed by atoms with Gasteiger partial charge in [-0.15, -0.1) is 4.91 Å². The molecule has 1 aliphatic carbocycles. The van der Waals surface area contributed by atoms with E-state index in [9.17, 15) is 9.70 Å². The first-order valence-corrected chi connectivity index (χ1v) is 5.74. The summed E-state index contributed by atoms with van der Waals surface area (Å²) in [6, 6.07) is 7.40. The van der Waals surface area contributed by atoms with Gasteiger partial charge in [0.1, 0.15) is 11.5 Å². The van der Waals surface area contributed by atoms with Crippen LogP contribution in [0.5, 0.6) is 0 Å². The zero-order valence-corrected chi connectivity index (χ0v) is 9.19. The molecule has 1 atom stereocenters. The lowest BCUT2D eigenvalue weighted by atomic mass is 9.92. The highest BCUT2D eigenvalue weighted by molar-refractivity contribution is 5.78. The Morgan fingerprint density at radius 3 is 2.50 bits per heavy atom. The normalized spacial score (nSPS) is 21.5. The molecule has 1 fully saturated rings. The SMILES string of the molecule is O=Nc1ccc(C2CCCC(=O)CC2)cc1. The van der Waals surface area contributed by atoms with Crippen LogP contribution in [0.25, 0.3) is 0 Å². The first-order chi connectivity index (χ1) is 7.79. The second-order valence-electron chi connectivity index (χ2n) is 4.35. The molecule has 2 rings (SSSR count). The predicted molar refractivity (Wildman–Crippen MR) is 62.7 cm³/mol. The minimum atomic E-state index is 0.383. The van der Waals surface area contributed by atoms with Crippen molar-refractivity contribution >= 4 is 11.5 Å². The highest BCUT2D eigenvalue weighted by Gasteiger charge is 2.17. The number of nitroso groups, excluding NO2 is 1. The molecule has 1 saturated carbocycles. The van der Waals surface area contributed by atoms with E-state index in [1.165, 1.54) is 5.56 Å². The van der Waals surface area contributed by atoms with Crippen LogP contribution in [0.15, 0.2) is 29.4 Å². The number of rotatable bonds is 2. The number of hydrogen-bond acceptors (Lipinski definition) is 3. The smallest absolute Gasteiger partial charge is 0.132 e. The Morgan fingerprint density at radius 2 is 1.81 bits per heavy atom. The highest BCUT2D eigenvalue weighted by atomic mass is 16.3. The number of hydrogen-bond donors (Lipinski definition) is 0. The van der Waals surface area contributed by atoms with Gasteiger partial charge in [0.15, 0.2) is 0 Å². The van der Waals surface area contributed by atoms with Crippen molar-refractivity contribution < 1.29 is 4.79 Å². The van der Waals surface area contributed by atoms with E-state index in [1.54, 1.807) is 12.1 Å². The zero-order valence-electron chi connectivity index (χ0n) is 9.19. The van der Waals surface area contributed by atoms with Crippen LogP contribution in [-0.2, 0) is 4.79 Å². The molecular formula is C13H15NO2. The molecular weight excluding hydrogens is 202 g/mol. The molecule has 0 aromatic heterocycles. The Balaban J connectivity index is 2.10. The van der Waals surface area contributed by atoms with Crippen LogP contribution in [0.3, 0.4) is 0 Å². The summed E-state index contributed by atoms with van der Waals surface area (Å²) in [4.78, 5) is 21.6. The summed E-state index contributed by atoms with van der Waals surface area (Å²) in [6.07, 6.45) is 4.41. The van der Waals surface area contributed by atoms with Crippen LogP contribution in [0.4, 0.5) is 5.69 Å². The number of carbonyl (C=O) groups is 1. The molecule has 0 aliphatic heterocycles. The van der Waals surface area contributed by atoms with Gasteiger partial charge in [0, 0.05) is 12.8 Å². The molecule has 16 heavy (non-hydrogen) atoms. The second kappa shape index (κ2) is 5.01. The molecule has 0 saturated heterocycles. The van der Waals surface area contributed by atoms with Crippen molar-refractivity contribution in [1.29, 1.82) is 0 Å². The van der Waals surface area contributed by atoms with E-state index in [1.807, 2.05) is 12.1 Å². The summed E-state index contributed by atoms with van der Waals surface area (Å²) in [5.41, 5.74) is 1.69. The van der Waals surface area contributed by atoms with Crippen LogP contribution in [-0.4, -0.2) is 5.78 Å². The molecule has 0 radical (unpaired) electrons. The molecule has 3 heteroatoms. The first kappa shape index (κ1) is 11.0. The van der Waals surface area contributed by atoms with E-state index in [4.69, 9.17) is 0 Å². The van der Waals surface area contributed by atoms with Crippen molar-refractivity contribution in [2.75, 3.05) is 0 Å². The third-order valence-corrected chi connectivity index (χ3v) is 3.25. The molecule has 1 unspecified atom stereocenters. The van der Waals surface area contributed by atoms with Gasteiger partial charge in [-0.3, -0.25) is 4.79 Å². The van der Waals surface area contributed by atoms with Gasteiger partial charge in [0.25, 0.3) is 0 Å². The summed E-state index contributed by atoms with van der Waals surface area (Å²) in [5.74, 6) is 0.848. The Labute approximate surface area is 94.8 Å². The van der Waals surface area contributed by atoms with E-state index in [0.29, 0.717) is 23.8 Å². The number of carbonyl (C=O) groups excluding carboxylic acids is 1. The first-order valence-electron chi connectivity index (χ1n) is 5.74. The van der Waals surface area contributed by atoms with Crippen LogP contribution < -0.4 is 0 Å². The lowest BCUT2D eigenvalue weighted by Crippen LogP contribution is -1.97. The zero-order chi connectivity index (χ0) is 11.4. The molecule has 1 aromatic carbocycles. The van der Waals surface area contributed by atoms with Crippen molar-refractivity contribution in [2.45, 2.75) is 38.0 Å². The third-order valence-electron chi connectivity index (χ3n) is 3.25. The third kappa shape index (κ3) is 2.54. The van der Waals surface area contributed by atoms with E-state index < -0.39 is 0 Å². The second-order valence-corrected chi connectivity index (χ2v) is 4.35. The maximum atomic E-state index is 11.3. The lowest BCUT2D eigenvalue weighted by Gasteiger charge is -2.13. The average molecular weight is 217 g/mol. The quantitative estimate of drug-likeness (QED) is 0.560. The van der Waals surface area contributed by atoms with E-state index >= 15 is 0 Å². The summed E-state index contributed by atoms with van der Waals surface area (Å²) >= 11 is 0. The Hall–Kier alpha value is -1.51. The predicted octanol–water partition coefficient (Wildman–Crippen LogP) is 3.70. The largest absolute Gasteiger partial charge is 0.300 e. The molecule has 1 aliphatic rings. The molecule has 0 spiro atoms. The lowest BCUT2D eigenvalue weighted by molar-refractivity contribution is -0.118. The maximum Gasteiger partial charge on any atom is 0.132 e. The maximum absolute atomic E-state index is 11.3. The highest BCUT2D eigenvalue weighted by Crippen LogP contribution is 2.31. The molecule has 84 valence electrons. The van der Waals surface area contributed by atoms with E-state index in [2.05, 4.69) is 5.18 Å². The fourth-order valence-corrected chi connectivity index (χ4v) is 2.29. The summed E-state index contributed by atoms with van der Waals surface area (Å²) in [5, 5.41) is 2.88. The van der Waals surface area contributed by atoms with Crippen molar-refractivity contribution in [3.05, 3.63) is 34.7 Å². The van der Waals surface area contributed by atoms with Crippen molar-refractivity contribution in [2.24, 2.45) is 5.18 Å². The van der Waals surface area contributed by atoms with Gasteiger partial charge in [0.2, 0.25) is 0 Å². The van der Waals surface area contributed by atoms with Gasteiger partial charge >= 0.3 is 0 Å². The monoisotopic (exact) mass is 217 g/mol. The summed E-state index contributed by atoms with van der Waals surface area (Å²) in [6.45, 7) is 0. The van der Waals surface area contributed by atoms with Crippen molar-refractivity contribution in [3.8, 4) is 0 Å². The summed E-state index contributed by atoms with van der Waals surface area (Å²) in [7, 11) is 0. The van der Waals surface area contributed by atoms with Crippen LogP contribution in [0.1, 0.15) is 43.6 Å².